The SMILES string of the molecule is N#Cc1cccc(-c2ccccc2N(c2ccc(N(c3ccccc3)c3ccccc3)cc2)c2ccc(N(c3ccccc3)c3ccccc3)cc2)c1. The van der Waals surface area contributed by atoms with E-state index in [0.717, 1.165) is 62.3 Å². The van der Waals surface area contributed by atoms with E-state index in [1.54, 1.807) is 0 Å². The van der Waals surface area contributed by atoms with Gasteiger partial charge in [-0.05, 0) is 121 Å². The van der Waals surface area contributed by atoms with Crippen molar-refractivity contribution in [3.05, 3.63) is 224 Å². The van der Waals surface area contributed by atoms with Crippen molar-refractivity contribution in [1.29, 1.82) is 5.26 Å². The summed E-state index contributed by atoms with van der Waals surface area (Å²) >= 11 is 0. The Morgan fingerprint density at radius 3 is 1.04 bits per heavy atom. The second-order valence-electron chi connectivity index (χ2n) is 12.6. The van der Waals surface area contributed by atoms with Crippen LogP contribution >= 0.6 is 0 Å². The second-order valence-corrected chi connectivity index (χ2v) is 12.6. The zero-order valence-electron chi connectivity index (χ0n) is 29.1. The highest BCUT2D eigenvalue weighted by atomic mass is 15.2. The largest absolute Gasteiger partial charge is 0.311 e. The molecule has 0 aliphatic heterocycles. The highest BCUT2D eigenvalue weighted by Crippen LogP contribution is 2.44. The molecule has 0 amide bonds. The molecule has 0 spiro atoms. The molecular weight excluding hydrogens is 645 g/mol. The van der Waals surface area contributed by atoms with Gasteiger partial charge in [0.05, 0.1) is 17.3 Å². The van der Waals surface area contributed by atoms with Crippen LogP contribution in [0.4, 0.5) is 51.2 Å². The minimum absolute atomic E-state index is 0.626. The third-order valence-corrected chi connectivity index (χ3v) is 9.24. The minimum atomic E-state index is 0.626. The summed E-state index contributed by atoms with van der Waals surface area (Å²) in [6.07, 6.45) is 0. The molecule has 0 aliphatic rings. The lowest BCUT2D eigenvalue weighted by molar-refractivity contribution is 1.24. The summed E-state index contributed by atoms with van der Waals surface area (Å²) in [4.78, 5) is 6.84. The Labute approximate surface area is 311 Å². The first-order chi connectivity index (χ1) is 26.3. The Morgan fingerprint density at radius 2 is 0.642 bits per heavy atom. The molecule has 8 aromatic rings. The van der Waals surface area contributed by atoms with Gasteiger partial charge in [0.1, 0.15) is 0 Å². The van der Waals surface area contributed by atoms with Crippen LogP contribution in [0.5, 0.6) is 0 Å². The Morgan fingerprint density at radius 1 is 0.302 bits per heavy atom. The van der Waals surface area contributed by atoms with Crippen molar-refractivity contribution < 1.29 is 0 Å². The third kappa shape index (κ3) is 7.01. The molecule has 53 heavy (non-hydrogen) atoms. The van der Waals surface area contributed by atoms with Gasteiger partial charge in [-0.1, -0.05) is 103 Å². The molecule has 0 aliphatic carbocycles. The van der Waals surface area contributed by atoms with Gasteiger partial charge in [0, 0.05) is 51.1 Å². The summed E-state index contributed by atoms with van der Waals surface area (Å²) in [5.74, 6) is 0. The van der Waals surface area contributed by atoms with Crippen LogP contribution in [0.1, 0.15) is 5.56 Å². The molecule has 8 aromatic carbocycles. The molecule has 4 heteroatoms. The summed E-state index contributed by atoms with van der Waals surface area (Å²) in [5, 5.41) is 9.75. The third-order valence-electron chi connectivity index (χ3n) is 9.24. The quantitative estimate of drug-likeness (QED) is 0.144. The Hall–Kier alpha value is -7.35. The van der Waals surface area contributed by atoms with E-state index >= 15 is 0 Å². The van der Waals surface area contributed by atoms with Crippen molar-refractivity contribution in [2.45, 2.75) is 0 Å². The average Bonchev–Trinajstić information content (AvgIpc) is 3.24. The fourth-order valence-corrected chi connectivity index (χ4v) is 6.80. The Bertz CT molecular complexity index is 2240. The number of hydrogen-bond donors (Lipinski definition) is 0. The number of para-hydroxylation sites is 5. The molecule has 0 bridgehead atoms. The summed E-state index contributed by atoms with van der Waals surface area (Å²) < 4.78 is 0. The van der Waals surface area contributed by atoms with E-state index in [4.69, 9.17) is 0 Å². The fraction of sp³-hybridized carbons (Fsp3) is 0. The molecule has 0 aromatic heterocycles. The van der Waals surface area contributed by atoms with Crippen LogP contribution in [-0.2, 0) is 0 Å². The lowest BCUT2D eigenvalue weighted by Gasteiger charge is -2.30. The van der Waals surface area contributed by atoms with Gasteiger partial charge in [-0.3, -0.25) is 0 Å². The smallest absolute Gasteiger partial charge is 0.0991 e. The zero-order valence-corrected chi connectivity index (χ0v) is 29.1. The van der Waals surface area contributed by atoms with E-state index in [2.05, 4.69) is 197 Å². The van der Waals surface area contributed by atoms with Gasteiger partial charge in [0.15, 0.2) is 0 Å². The summed E-state index contributed by atoms with van der Waals surface area (Å²) in [5.41, 5.74) is 12.1. The Balaban J connectivity index is 1.25. The van der Waals surface area contributed by atoms with E-state index in [1.807, 2.05) is 42.5 Å². The van der Waals surface area contributed by atoms with Crippen molar-refractivity contribution in [3.63, 3.8) is 0 Å². The second kappa shape index (κ2) is 15.3. The van der Waals surface area contributed by atoms with E-state index in [-0.39, 0.29) is 0 Å². The maximum atomic E-state index is 9.75. The first-order valence-corrected chi connectivity index (χ1v) is 17.7. The number of nitrogens with zero attached hydrogens (tertiary/aromatic N) is 4. The molecule has 252 valence electrons. The van der Waals surface area contributed by atoms with Gasteiger partial charge in [-0.15, -0.1) is 0 Å². The van der Waals surface area contributed by atoms with Crippen LogP contribution < -0.4 is 14.7 Å². The molecular formula is C49H36N4. The molecule has 0 unspecified atom stereocenters. The number of anilines is 9. The molecule has 0 atom stereocenters. The van der Waals surface area contributed by atoms with Crippen LogP contribution in [-0.4, -0.2) is 0 Å². The van der Waals surface area contributed by atoms with E-state index in [9.17, 15) is 5.26 Å². The van der Waals surface area contributed by atoms with E-state index < -0.39 is 0 Å². The maximum Gasteiger partial charge on any atom is 0.0991 e. The summed E-state index contributed by atoms with van der Waals surface area (Å²) in [6, 6.07) is 77.8. The van der Waals surface area contributed by atoms with Crippen LogP contribution in [0.25, 0.3) is 11.1 Å². The average molecular weight is 681 g/mol. The van der Waals surface area contributed by atoms with Crippen molar-refractivity contribution in [1.82, 2.24) is 0 Å². The first kappa shape index (κ1) is 32.8. The predicted molar refractivity (Wildman–Crippen MR) is 221 cm³/mol. The normalized spacial score (nSPS) is 10.6. The molecule has 8 rings (SSSR count). The molecule has 0 saturated carbocycles. The number of hydrogen-bond acceptors (Lipinski definition) is 4. The van der Waals surface area contributed by atoms with E-state index in [1.165, 1.54) is 0 Å². The van der Waals surface area contributed by atoms with Gasteiger partial charge in [0.2, 0.25) is 0 Å². The van der Waals surface area contributed by atoms with Gasteiger partial charge in [-0.25, -0.2) is 0 Å². The number of nitriles is 1. The van der Waals surface area contributed by atoms with Gasteiger partial charge >= 0.3 is 0 Å². The van der Waals surface area contributed by atoms with Crippen LogP contribution in [0, 0.1) is 11.3 Å². The molecule has 0 N–H and O–H groups in total. The van der Waals surface area contributed by atoms with E-state index in [0.29, 0.717) is 5.56 Å². The van der Waals surface area contributed by atoms with Crippen molar-refractivity contribution in [3.8, 4) is 17.2 Å². The lowest BCUT2D eigenvalue weighted by atomic mass is 10.00. The van der Waals surface area contributed by atoms with Crippen LogP contribution in [0.3, 0.4) is 0 Å². The highest BCUT2D eigenvalue weighted by molar-refractivity contribution is 5.90. The number of rotatable bonds is 10. The topological polar surface area (TPSA) is 33.5 Å². The standard InChI is InChI=1S/C49H36N4/c50-37-38-16-15-17-39(36-38)48-26-13-14-27-49(48)53(46-32-28-44(29-33-46)51(40-18-5-1-6-19-40)41-20-7-2-8-21-41)47-34-30-45(31-35-47)52(42-22-9-3-10-23-42)43-24-11-4-12-25-43/h1-36H. The molecule has 0 saturated heterocycles. The number of benzene rings is 8. The fourth-order valence-electron chi connectivity index (χ4n) is 6.80. The maximum absolute atomic E-state index is 9.75. The van der Waals surface area contributed by atoms with Crippen molar-refractivity contribution in [2.75, 3.05) is 14.7 Å². The lowest BCUT2D eigenvalue weighted by Crippen LogP contribution is -2.13. The van der Waals surface area contributed by atoms with Crippen molar-refractivity contribution >= 4 is 51.2 Å². The van der Waals surface area contributed by atoms with Crippen LogP contribution in [0.2, 0.25) is 0 Å². The first-order valence-electron chi connectivity index (χ1n) is 17.7. The Kier molecular flexibility index (Phi) is 9.46. The molecule has 0 heterocycles. The molecule has 0 fully saturated rings. The van der Waals surface area contributed by atoms with Gasteiger partial charge in [-0.2, -0.15) is 5.26 Å². The zero-order chi connectivity index (χ0) is 35.8. The monoisotopic (exact) mass is 680 g/mol. The van der Waals surface area contributed by atoms with Gasteiger partial charge < -0.3 is 14.7 Å². The summed E-state index contributed by atoms with van der Waals surface area (Å²) in [6.45, 7) is 0. The molecule has 4 nitrogen and oxygen atoms in total. The van der Waals surface area contributed by atoms with Crippen LogP contribution in [0.15, 0.2) is 218 Å². The van der Waals surface area contributed by atoms with Gasteiger partial charge in [0.25, 0.3) is 0 Å². The minimum Gasteiger partial charge on any atom is -0.311 e. The van der Waals surface area contributed by atoms with Crippen molar-refractivity contribution in [2.24, 2.45) is 0 Å². The predicted octanol–water partition coefficient (Wildman–Crippen LogP) is 13.6. The summed E-state index contributed by atoms with van der Waals surface area (Å²) in [7, 11) is 0. The molecule has 0 radical (unpaired) electrons. The highest BCUT2D eigenvalue weighted by Gasteiger charge is 2.20.